The van der Waals surface area contributed by atoms with Gasteiger partial charge in [0.05, 0.1) is 23.1 Å². The Kier molecular flexibility index (Phi) is 8.19. The molecule has 0 bridgehead atoms. The highest BCUT2D eigenvalue weighted by atomic mass is 19.2. The van der Waals surface area contributed by atoms with Gasteiger partial charge in [0.15, 0.2) is 11.6 Å². The summed E-state index contributed by atoms with van der Waals surface area (Å²) in [4.78, 5) is 27.4. The van der Waals surface area contributed by atoms with Crippen molar-refractivity contribution in [2.24, 2.45) is 0 Å². The monoisotopic (exact) mass is 517 g/mol. The molecule has 2 amide bonds. The molecule has 9 heteroatoms. The van der Waals surface area contributed by atoms with Crippen LogP contribution in [0.3, 0.4) is 0 Å². The number of nitrogens with zero attached hydrogens (tertiary/aromatic N) is 3. The fraction of sp³-hybridized carbons (Fsp3) is 0.379. The minimum atomic E-state index is -1.02. The Balaban J connectivity index is 1.33. The van der Waals surface area contributed by atoms with E-state index in [1.165, 1.54) is 6.07 Å². The second-order valence-corrected chi connectivity index (χ2v) is 9.82. The Labute approximate surface area is 220 Å². The van der Waals surface area contributed by atoms with Crippen LogP contribution in [-0.4, -0.2) is 42.9 Å². The molecule has 0 spiro atoms. The molecule has 4 rings (SSSR count). The van der Waals surface area contributed by atoms with Crippen molar-refractivity contribution in [3.8, 4) is 12.1 Å². The topological polar surface area (TPSA) is 109 Å². The molecule has 0 aromatic heterocycles. The molecule has 2 aliphatic heterocycles. The summed E-state index contributed by atoms with van der Waals surface area (Å²) in [6.45, 7) is 4.15. The van der Waals surface area contributed by atoms with Crippen molar-refractivity contribution < 1.29 is 18.4 Å². The number of halogens is 2. The van der Waals surface area contributed by atoms with Crippen molar-refractivity contribution in [3.63, 3.8) is 0 Å². The van der Waals surface area contributed by atoms with E-state index in [0.717, 1.165) is 24.2 Å². The van der Waals surface area contributed by atoms with Crippen molar-refractivity contribution in [1.29, 1.82) is 10.5 Å². The predicted molar refractivity (Wildman–Crippen MR) is 136 cm³/mol. The molecule has 196 valence electrons. The second-order valence-electron chi connectivity index (χ2n) is 9.82. The molecule has 0 aliphatic carbocycles. The number of nitriles is 2. The predicted octanol–water partition coefficient (Wildman–Crippen LogP) is 3.78. The third-order valence-corrected chi connectivity index (χ3v) is 7.48. The van der Waals surface area contributed by atoms with Crippen LogP contribution in [0.1, 0.15) is 55.2 Å². The number of carbonyl (C=O) groups is 2. The molecule has 0 unspecified atom stereocenters. The molecule has 2 N–H and O–H groups in total. The maximum Gasteiger partial charge on any atom is 0.249 e. The van der Waals surface area contributed by atoms with Crippen molar-refractivity contribution >= 4 is 11.8 Å². The highest BCUT2D eigenvalue weighted by molar-refractivity contribution is 5.99. The third-order valence-electron chi connectivity index (χ3n) is 7.48. The first-order valence-electron chi connectivity index (χ1n) is 12.6. The van der Waals surface area contributed by atoms with Crippen LogP contribution in [0.15, 0.2) is 53.7 Å². The first kappa shape index (κ1) is 27.0. The molecule has 1 saturated heterocycles. The van der Waals surface area contributed by atoms with Crippen LogP contribution in [0.5, 0.6) is 0 Å². The fourth-order valence-electron chi connectivity index (χ4n) is 5.42. The minimum Gasteiger partial charge on any atom is -0.352 e. The normalized spacial score (nSPS) is 19.3. The Hall–Kier alpha value is -4.08. The van der Waals surface area contributed by atoms with Crippen LogP contribution < -0.4 is 10.6 Å². The summed E-state index contributed by atoms with van der Waals surface area (Å²) >= 11 is 0. The summed E-state index contributed by atoms with van der Waals surface area (Å²) in [5.41, 5.74) is 1.75. The molecule has 2 aliphatic rings. The Morgan fingerprint density at radius 1 is 1.16 bits per heavy atom. The molecule has 7 nitrogen and oxygen atoms in total. The summed E-state index contributed by atoms with van der Waals surface area (Å²) in [5, 5.41) is 25.0. The minimum absolute atomic E-state index is 0.0332. The molecule has 2 aromatic carbocycles. The molecule has 1 atom stereocenters. The number of allylic oxidation sites excluding steroid dienone is 1. The number of benzene rings is 2. The standard InChI is InChI=1S/C29H29F2N5O2/c1-19-27(22(16-26(37)35-19)20-7-8-24(30)25(31)15-20)28(38)34-11-4-12-36-13-9-29(18-33,10-14-36)23-6-3-2-5-21(23)17-32/h2-3,5-8,15,22H,4,9-14,16H2,1H3,(H,34,38)(H,35,37)/t22-/m1/s1. The van der Waals surface area contributed by atoms with Gasteiger partial charge in [-0.3, -0.25) is 9.59 Å². The van der Waals surface area contributed by atoms with Crippen LogP contribution in [0, 0.1) is 34.3 Å². The second kappa shape index (κ2) is 11.5. The van der Waals surface area contributed by atoms with Gasteiger partial charge in [-0.05, 0) is 75.1 Å². The van der Waals surface area contributed by atoms with Gasteiger partial charge in [0.1, 0.15) is 0 Å². The van der Waals surface area contributed by atoms with Crippen LogP contribution >= 0.6 is 0 Å². The lowest BCUT2D eigenvalue weighted by Gasteiger charge is -2.38. The number of piperidine rings is 1. The average Bonchev–Trinajstić information content (AvgIpc) is 2.92. The summed E-state index contributed by atoms with van der Waals surface area (Å²) in [6, 6.07) is 15.4. The summed E-state index contributed by atoms with van der Waals surface area (Å²) in [5.74, 6) is -3.32. The van der Waals surface area contributed by atoms with E-state index in [2.05, 4.69) is 27.7 Å². The highest BCUT2D eigenvalue weighted by Crippen LogP contribution is 2.37. The number of hydrogen-bond acceptors (Lipinski definition) is 5. The van der Waals surface area contributed by atoms with Crippen LogP contribution in [0.25, 0.3) is 0 Å². The van der Waals surface area contributed by atoms with E-state index in [9.17, 15) is 28.9 Å². The van der Waals surface area contributed by atoms with Gasteiger partial charge in [0.2, 0.25) is 11.8 Å². The molecule has 2 aromatic rings. The first-order valence-corrected chi connectivity index (χ1v) is 12.6. The van der Waals surface area contributed by atoms with Gasteiger partial charge in [-0.2, -0.15) is 10.5 Å². The fourth-order valence-corrected chi connectivity index (χ4v) is 5.42. The van der Waals surface area contributed by atoms with E-state index in [1.54, 1.807) is 19.1 Å². The van der Waals surface area contributed by atoms with Crippen molar-refractivity contribution in [3.05, 3.63) is 82.1 Å². The van der Waals surface area contributed by atoms with E-state index < -0.39 is 23.0 Å². The number of nitrogens with one attached hydrogen (secondary N) is 2. The molecule has 2 heterocycles. The van der Waals surface area contributed by atoms with E-state index in [0.29, 0.717) is 61.3 Å². The number of amides is 2. The zero-order valence-corrected chi connectivity index (χ0v) is 21.2. The van der Waals surface area contributed by atoms with Crippen LogP contribution in [0.4, 0.5) is 8.78 Å². The number of rotatable bonds is 7. The zero-order chi connectivity index (χ0) is 27.3. The largest absolute Gasteiger partial charge is 0.352 e. The highest BCUT2D eigenvalue weighted by Gasteiger charge is 2.38. The summed E-state index contributed by atoms with van der Waals surface area (Å²) < 4.78 is 27.3. The van der Waals surface area contributed by atoms with Gasteiger partial charge in [0.25, 0.3) is 0 Å². The lowest BCUT2D eigenvalue weighted by molar-refractivity contribution is -0.121. The first-order chi connectivity index (χ1) is 18.3. The average molecular weight is 518 g/mol. The number of likely N-dealkylation sites (tertiary alicyclic amines) is 1. The van der Waals surface area contributed by atoms with Gasteiger partial charge in [-0.1, -0.05) is 24.3 Å². The molecule has 0 saturated carbocycles. The number of hydrogen-bond donors (Lipinski definition) is 2. The molecule has 1 fully saturated rings. The summed E-state index contributed by atoms with van der Waals surface area (Å²) in [6.07, 6.45) is 1.88. The molecular weight excluding hydrogens is 488 g/mol. The molecular formula is C29H29F2N5O2. The van der Waals surface area contributed by atoms with Gasteiger partial charge in [-0.25, -0.2) is 8.78 Å². The smallest absolute Gasteiger partial charge is 0.249 e. The Bertz CT molecular complexity index is 1350. The van der Waals surface area contributed by atoms with Crippen molar-refractivity contribution in [2.75, 3.05) is 26.2 Å². The lowest BCUT2D eigenvalue weighted by Crippen LogP contribution is -2.43. The van der Waals surface area contributed by atoms with Crippen molar-refractivity contribution in [1.82, 2.24) is 15.5 Å². The van der Waals surface area contributed by atoms with Crippen molar-refractivity contribution in [2.45, 2.75) is 43.9 Å². The quantitative estimate of drug-likeness (QED) is 0.544. The number of carbonyl (C=O) groups excluding carboxylic acids is 2. The summed E-state index contributed by atoms with van der Waals surface area (Å²) in [7, 11) is 0. The van der Waals surface area contributed by atoms with E-state index in [1.807, 2.05) is 12.1 Å². The molecule has 38 heavy (non-hydrogen) atoms. The van der Waals surface area contributed by atoms with Crippen LogP contribution in [-0.2, 0) is 15.0 Å². The van der Waals surface area contributed by atoms with E-state index in [-0.39, 0.29) is 18.2 Å². The third kappa shape index (κ3) is 5.58. The zero-order valence-electron chi connectivity index (χ0n) is 21.2. The van der Waals surface area contributed by atoms with Gasteiger partial charge in [-0.15, -0.1) is 0 Å². The van der Waals surface area contributed by atoms with Gasteiger partial charge in [0, 0.05) is 30.2 Å². The van der Waals surface area contributed by atoms with E-state index >= 15 is 0 Å². The van der Waals surface area contributed by atoms with Gasteiger partial charge >= 0.3 is 0 Å². The lowest BCUT2D eigenvalue weighted by atomic mass is 9.72. The van der Waals surface area contributed by atoms with Crippen LogP contribution in [0.2, 0.25) is 0 Å². The molecule has 0 radical (unpaired) electrons. The Morgan fingerprint density at radius 2 is 1.89 bits per heavy atom. The maximum absolute atomic E-state index is 13.9. The Morgan fingerprint density at radius 3 is 2.58 bits per heavy atom. The van der Waals surface area contributed by atoms with E-state index in [4.69, 9.17) is 0 Å². The maximum atomic E-state index is 13.9. The SMILES string of the molecule is CC1=C(C(=O)NCCCN2CCC(C#N)(c3ccccc3C#N)CC2)[C@@H](c2ccc(F)c(F)c2)CC(=O)N1. The van der Waals surface area contributed by atoms with Gasteiger partial charge < -0.3 is 15.5 Å².